The van der Waals surface area contributed by atoms with Gasteiger partial charge in [-0.1, -0.05) is 35.0 Å². The van der Waals surface area contributed by atoms with Gasteiger partial charge in [-0.3, -0.25) is 0 Å². The first kappa shape index (κ1) is 17.0. The predicted molar refractivity (Wildman–Crippen MR) is 91.1 cm³/mol. The standard InChI is InChI=1S/C14H15Cl2FN4OS/c1-6(22)7-4-3-5-21(7)13-8-10(18-14(20-13)23-2)9(17)12(16)19-11(8)15/h6-7,22H,3-5H2,1-2H3/t6-,7+/m1/s1. The molecule has 9 heteroatoms. The number of halogens is 3. The van der Waals surface area contributed by atoms with E-state index in [1.54, 1.807) is 6.92 Å². The predicted octanol–water partition coefficient (Wildman–Crippen LogP) is 3.54. The van der Waals surface area contributed by atoms with E-state index in [0.717, 1.165) is 12.8 Å². The summed E-state index contributed by atoms with van der Waals surface area (Å²) in [5.41, 5.74) is 0.0561. The highest BCUT2D eigenvalue weighted by molar-refractivity contribution is 7.98. The second-order valence-corrected chi connectivity index (χ2v) is 6.90. The number of hydrogen-bond donors (Lipinski definition) is 1. The molecular weight excluding hydrogens is 362 g/mol. The zero-order chi connectivity index (χ0) is 16.7. The minimum absolute atomic E-state index is 0.0561. The molecule has 2 aromatic heterocycles. The molecule has 0 radical (unpaired) electrons. The number of aromatic nitrogens is 3. The zero-order valence-corrected chi connectivity index (χ0v) is 14.9. The van der Waals surface area contributed by atoms with Gasteiger partial charge in [0.15, 0.2) is 16.1 Å². The van der Waals surface area contributed by atoms with Crippen LogP contribution in [0.3, 0.4) is 0 Å². The van der Waals surface area contributed by atoms with Crippen LogP contribution >= 0.6 is 35.0 Å². The fraction of sp³-hybridized carbons (Fsp3) is 0.500. The second-order valence-electron chi connectivity index (χ2n) is 5.41. The van der Waals surface area contributed by atoms with Crippen LogP contribution < -0.4 is 4.90 Å². The lowest BCUT2D eigenvalue weighted by Crippen LogP contribution is -2.38. The van der Waals surface area contributed by atoms with Gasteiger partial charge in [0, 0.05) is 6.54 Å². The topological polar surface area (TPSA) is 62.1 Å². The van der Waals surface area contributed by atoms with Crippen molar-refractivity contribution in [3.8, 4) is 0 Å². The summed E-state index contributed by atoms with van der Waals surface area (Å²) < 4.78 is 14.4. The smallest absolute Gasteiger partial charge is 0.189 e. The summed E-state index contributed by atoms with van der Waals surface area (Å²) in [6.07, 6.45) is 3.02. The van der Waals surface area contributed by atoms with E-state index in [1.165, 1.54) is 11.8 Å². The Balaban J connectivity index is 2.29. The molecule has 0 aromatic carbocycles. The van der Waals surface area contributed by atoms with Gasteiger partial charge < -0.3 is 10.0 Å². The molecule has 0 bridgehead atoms. The molecule has 0 unspecified atom stereocenters. The number of thioether (sulfide) groups is 1. The molecule has 1 aliphatic rings. The van der Waals surface area contributed by atoms with Gasteiger partial charge in [0.05, 0.1) is 17.5 Å². The average molecular weight is 377 g/mol. The average Bonchev–Trinajstić information content (AvgIpc) is 3.01. The molecule has 23 heavy (non-hydrogen) atoms. The van der Waals surface area contributed by atoms with Gasteiger partial charge in [0.2, 0.25) is 0 Å². The summed E-state index contributed by atoms with van der Waals surface area (Å²) in [5.74, 6) is -0.214. The number of fused-ring (bicyclic) bond motifs is 1. The van der Waals surface area contributed by atoms with E-state index in [4.69, 9.17) is 23.2 Å². The number of hydrogen-bond acceptors (Lipinski definition) is 6. The quantitative estimate of drug-likeness (QED) is 0.502. The van der Waals surface area contributed by atoms with E-state index in [9.17, 15) is 9.50 Å². The maximum absolute atomic E-state index is 14.4. The number of nitrogens with zero attached hydrogens (tertiary/aromatic N) is 4. The maximum Gasteiger partial charge on any atom is 0.189 e. The Kier molecular flexibility index (Phi) is 4.83. The van der Waals surface area contributed by atoms with Crippen molar-refractivity contribution in [1.82, 2.24) is 15.0 Å². The highest BCUT2D eigenvalue weighted by Gasteiger charge is 2.32. The number of aliphatic hydroxyl groups is 1. The van der Waals surface area contributed by atoms with E-state index < -0.39 is 11.9 Å². The van der Waals surface area contributed by atoms with Crippen molar-refractivity contribution in [2.24, 2.45) is 0 Å². The van der Waals surface area contributed by atoms with Gasteiger partial charge in [-0.15, -0.1) is 0 Å². The summed E-state index contributed by atoms with van der Waals surface area (Å²) in [4.78, 5) is 14.5. The third-order valence-electron chi connectivity index (χ3n) is 3.97. The van der Waals surface area contributed by atoms with Crippen LogP contribution in [-0.4, -0.2) is 45.0 Å². The van der Waals surface area contributed by atoms with Crippen LogP contribution in [-0.2, 0) is 0 Å². The normalized spacial score (nSPS) is 19.6. The molecule has 1 fully saturated rings. The fourth-order valence-corrected chi connectivity index (χ4v) is 3.76. The van der Waals surface area contributed by atoms with Crippen molar-refractivity contribution in [3.05, 3.63) is 16.1 Å². The SMILES string of the molecule is CSc1nc(N2CCC[C@H]2[C@@H](C)O)c2c(Cl)nc(Cl)c(F)c2n1. The van der Waals surface area contributed by atoms with E-state index >= 15 is 0 Å². The largest absolute Gasteiger partial charge is 0.391 e. The Morgan fingerprint density at radius 1 is 1.30 bits per heavy atom. The first-order chi connectivity index (χ1) is 10.9. The highest BCUT2D eigenvalue weighted by Crippen LogP contribution is 2.37. The summed E-state index contributed by atoms with van der Waals surface area (Å²) in [5, 5.41) is 10.5. The van der Waals surface area contributed by atoms with Crippen LogP contribution in [0.4, 0.5) is 10.2 Å². The third kappa shape index (κ3) is 2.95. The fourth-order valence-electron chi connectivity index (χ4n) is 2.92. The van der Waals surface area contributed by atoms with Crippen molar-refractivity contribution in [2.45, 2.75) is 37.1 Å². The van der Waals surface area contributed by atoms with Crippen LogP contribution in [0.25, 0.3) is 10.9 Å². The van der Waals surface area contributed by atoms with Crippen molar-refractivity contribution < 1.29 is 9.50 Å². The molecule has 1 aliphatic heterocycles. The Labute approximate surface area is 147 Å². The van der Waals surface area contributed by atoms with Crippen molar-refractivity contribution in [2.75, 3.05) is 17.7 Å². The minimum Gasteiger partial charge on any atom is -0.391 e. The lowest BCUT2D eigenvalue weighted by molar-refractivity contribution is 0.164. The molecular formula is C14H15Cl2FN4OS. The molecule has 0 amide bonds. The summed E-state index contributed by atoms with van der Waals surface area (Å²) in [7, 11) is 0. The first-order valence-electron chi connectivity index (χ1n) is 7.15. The van der Waals surface area contributed by atoms with Gasteiger partial charge in [-0.25, -0.2) is 19.3 Å². The highest BCUT2D eigenvalue weighted by atomic mass is 35.5. The Bertz CT molecular complexity index is 761. The molecule has 124 valence electrons. The number of rotatable bonds is 3. The van der Waals surface area contributed by atoms with E-state index in [1.807, 2.05) is 11.2 Å². The van der Waals surface area contributed by atoms with Gasteiger partial charge in [-0.2, -0.15) is 0 Å². The first-order valence-corrected chi connectivity index (χ1v) is 9.13. The van der Waals surface area contributed by atoms with Crippen LogP contribution in [0.2, 0.25) is 10.3 Å². The van der Waals surface area contributed by atoms with Gasteiger partial charge >= 0.3 is 0 Å². The number of aliphatic hydroxyl groups excluding tert-OH is 1. The lowest BCUT2D eigenvalue weighted by Gasteiger charge is -2.29. The molecule has 3 heterocycles. The molecule has 0 aliphatic carbocycles. The zero-order valence-electron chi connectivity index (χ0n) is 12.6. The molecule has 1 saturated heterocycles. The Morgan fingerprint density at radius 2 is 2.04 bits per heavy atom. The van der Waals surface area contributed by atoms with Crippen LogP contribution in [0.1, 0.15) is 19.8 Å². The van der Waals surface area contributed by atoms with Gasteiger partial charge in [0.25, 0.3) is 0 Å². The van der Waals surface area contributed by atoms with Crippen molar-refractivity contribution >= 4 is 51.7 Å². The number of anilines is 1. The summed E-state index contributed by atoms with van der Waals surface area (Å²) >= 11 is 13.3. The molecule has 2 atom stereocenters. The third-order valence-corrected chi connectivity index (χ3v) is 5.04. The molecule has 5 nitrogen and oxygen atoms in total. The molecule has 1 N–H and O–H groups in total. The summed E-state index contributed by atoms with van der Waals surface area (Å²) in [6, 6.07) is -0.0994. The van der Waals surface area contributed by atoms with Crippen LogP contribution in [0, 0.1) is 5.82 Å². The Morgan fingerprint density at radius 3 is 2.70 bits per heavy atom. The van der Waals surface area contributed by atoms with Crippen LogP contribution in [0.5, 0.6) is 0 Å². The number of pyridine rings is 1. The minimum atomic E-state index is -0.710. The van der Waals surface area contributed by atoms with Crippen molar-refractivity contribution in [3.63, 3.8) is 0 Å². The molecule has 2 aromatic rings. The van der Waals surface area contributed by atoms with E-state index in [2.05, 4.69) is 15.0 Å². The molecule has 0 spiro atoms. The molecule has 0 saturated carbocycles. The second kappa shape index (κ2) is 6.55. The maximum atomic E-state index is 14.4. The van der Waals surface area contributed by atoms with Gasteiger partial charge in [0.1, 0.15) is 16.5 Å². The van der Waals surface area contributed by atoms with Crippen LogP contribution in [0.15, 0.2) is 5.16 Å². The lowest BCUT2D eigenvalue weighted by atomic mass is 10.1. The van der Waals surface area contributed by atoms with E-state index in [0.29, 0.717) is 22.9 Å². The van der Waals surface area contributed by atoms with Gasteiger partial charge in [-0.05, 0) is 26.0 Å². The summed E-state index contributed by atoms with van der Waals surface area (Å²) in [6.45, 7) is 2.44. The molecule has 3 rings (SSSR count). The monoisotopic (exact) mass is 376 g/mol. The van der Waals surface area contributed by atoms with Crippen molar-refractivity contribution in [1.29, 1.82) is 0 Å². The Hall–Kier alpha value is -0.890. The van der Waals surface area contributed by atoms with E-state index in [-0.39, 0.29) is 21.9 Å².